The van der Waals surface area contributed by atoms with Gasteiger partial charge in [-0.2, -0.15) is 0 Å². The summed E-state index contributed by atoms with van der Waals surface area (Å²) in [5.41, 5.74) is 2.90. The van der Waals surface area contributed by atoms with Crippen molar-refractivity contribution in [3.8, 4) is 11.4 Å². The first-order valence-corrected chi connectivity index (χ1v) is 8.74. The Balaban J connectivity index is 1.56. The maximum atomic E-state index is 5.39. The van der Waals surface area contributed by atoms with Crippen molar-refractivity contribution in [2.45, 2.75) is 6.92 Å². The minimum Gasteiger partial charge on any atom is -0.378 e. The van der Waals surface area contributed by atoms with E-state index in [2.05, 4.69) is 25.2 Å². The summed E-state index contributed by atoms with van der Waals surface area (Å²) in [5.74, 6) is 2.43. The lowest BCUT2D eigenvalue weighted by atomic mass is 10.2. The molecule has 0 atom stereocenters. The van der Waals surface area contributed by atoms with E-state index in [-0.39, 0.29) is 0 Å². The fourth-order valence-electron chi connectivity index (χ4n) is 2.86. The number of pyridine rings is 1. The van der Waals surface area contributed by atoms with Crippen LogP contribution in [0.25, 0.3) is 11.4 Å². The molecule has 4 rings (SSSR count). The molecule has 26 heavy (non-hydrogen) atoms. The van der Waals surface area contributed by atoms with Gasteiger partial charge in [0.05, 0.1) is 13.2 Å². The second kappa shape index (κ2) is 7.49. The van der Waals surface area contributed by atoms with E-state index in [0.717, 1.165) is 54.8 Å². The fraction of sp³-hybridized carbons (Fsp3) is 0.250. The highest BCUT2D eigenvalue weighted by Crippen LogP contribution is 2.23. The Morgan fingerprint density at radius 2 is 1.77 bits per heavy atom. The molecular weight excluding hydrogens is 326 g/mol. The number of aryl methyl sites for hydroxylation is 1. The summed E-state index contributed by atoms with van der Waals surface area (Å²) in [6.07, 6.45) is 3.67. The molecule has 0 aliphatic carbocycles. The molecule has 0 bridgehead atoms. The predicted octanol–water partition coefficient (Wildman–Crippen LogP) is 3.43. The second-order valence-corrected chi connectivity index (χ2v) is 6.22. The van der Waals surface area contributed by atoms with E-state index in [4.69, 9.17) is 4.74 Å². The van der Waals surface area contributed by atoms with Crippen LogP contribution in [0.5, 0.6) is 0 Å². The molecule has 0 radical (unpaired) electrons. The van der Waals surface area contributed by atoms with Gasteiger partial charge in [0.25, 0.3) is 0 Å². The van der Waals surface area contributed by atoms with Crippen LogP contribution in [0, 0.1) is 6.92 Å². The van der Waals surface area contributed by atoms with Gasteiger partial charge in [-0.1, -0.05) is 18.2 Å². The first-order chi connectivity index (χ1) is 12.8. The predicted molar refractivity (Wildman–Crippen MR) is 103 cm³/mol. The molecule has 6 heteroatoms. The van der Waals surface area contributed by atoms with Gasteiger partial charge in [-0.25, -0.2) is 15.0 Å². The van der Waals surface area contributed by atoms with Crippen LogP contribution in [0.15, 0.2) is 54.9 Å². The lowest BCUT2D eigenvalue weighted by molar-refractivity contribution is 0.122. The molecule has 0 unspecified atom stereocenters. The highest BCUT2D eigenvalue weighted by Gasteiger charge is 2.13. The lowest BCUT2D eigenvalue weighted by Crippen LogP contribution is -2.36. The average Bonchev–Trinajstić information content (AvgIpc) is 2.71. The van der Waals surface area contributed by atoms with E-state index in [1.54, 1.807) is 0 Å². The molecule has 1 aliphatic rings. The summed E-state index contributed by atoms with van der Waals surface area (Å²) in [5, 5.41) is 3.35. The van der Waals surface area contributed by atoms with Crippen LogP contribution in [0.1, 0.15) is 5.56 Å². The first-order valence-electron chi connectivity index (χ1n) is 8.74. The summed E-state index contributed by atoms with van der Waals surface area (Å²) in [6.45, 7) is 5.24. The number of nitrogens with zero attached hydrogens (tertiary/aromatic N) is 4. The normalized spacial score (nSPS) is 14.3. The molecule has 1 N–H and O–H groups in total. The van der Waals surface area contributed by atoms with Gasteiger partial charge in [-0.3, -0.25) is 0 Å². The molecule has 2 aromatic heterocycles. The van der Waals surface area contributed by atoms with Crippen LogP contribution >= 0.6 is 0 Å². The van der Waals surface area contributed by atoms with E-state index in [1.165, 1.54) is 0 Å². The summed E-state index contributed by atoms with van der Waals surface area (Å²) in [4.78, 5) is 16.0. The van der Waals surface area contributed by atoms with Gasteiger partial charge in [0.15, 0.2) is 5.82 Å². The molecule has 1 saturated heterocycles. The Kier molecular flexibility index (Phi) is 4.75. The van der Waals surface area contributed by atoms with E-state index in [0.29, 0.717) is 5.82 Å². The standard InChI is InChI=1S/C20H21N5O/c1-15-13-22-20(24-19(15)23-17-5-3-2-4-6-17)16-7-8-18(21-14-16)25-9-11-26-12-10-25/h2-8,13-14H,9-12H2,1H3,(H,22,23,24). The number of nitrogens with one attached hydrogen (secondary N) is 1. The van der Waals surface area contributed by atoms with Crippen LogP contribution in [0.4, 0.5) is 17.3 Å². The Bertz CT molecular complexity index is 861. The quantitative estimate of drug-likeness (QED) is 0.780. The molecule has 1 fully saturated rings. The average molecular weight is 347 g/mol. The van der Waals surface area contributed by atoms with Crippen LogP contribution in [0.2, 0.25) is 0 Å². The Labute approximate surface area is 152 Å². The number of morpholine rings is 1. The van der Waals surface area contributed by atoms with E-state index < -0.39 is 0 Å². The smallest absolute Gasteiger partial charge is 0.163 e. The number of rotatable bonds is 4. The molecule has 0 amide bonds. The molecule has 0 spiro atoms. The zero-order valence-electron chi connectivity index (χ0n) is 14.7. The Morgan fingerprint density at radius 1 is 0.962 bits per heavy atom. The number of hydrogen-bond donors (Lipinski definition) is 1. The van der Waals surface area contributed by atoms with Crippen molar-refractivity contribution in [2.24, 2.45) is 0 Å². The van der Waals surface area contributed by atoms with Crippen LogP contribution in [-0.4, -0.2) is 41.3 Å². The van der Waals surface area contributed by atoms with Gasteiger partial charge >= 0.3 is 0 Å². The number of hydrogen-bond acceptors (Lipinski definition) is 6. The highest BCUT2D eigenvalue weighted by molar-refractivity contribution is 5.63. The monoisotopic (exact) mass is 347 g/mol. The van der Waals surface area contributed by atoms with Crippen molar-refractivity contribution in [3.63, 3.8) is 0 Å². The number of para-hydroxylation sites is 1. The van der Waals surface area contributed by atoms with Crippen LogP contribution < -0.4 is 10.2 Å². The first kappa shape index (κ1) is 16.5. The third-order valence-electron chi connectivity index (χ3n) is 4.35. The summed E-state index contributed by atoms with van der Waals surface area (Å²) < 4.78 is 5.39. The summed E-state index contributed by atoms with van der Waals surface area (Å²) >= 11 is 0. The van der Waals surface area contributed by atoms with Gasteiger partial charge in [0, 0.05) is 42.3 Å². The maximum absolute atomic E-state index is 5.39. The van der Waals surface area contributed by atoms with Crippen LogP contribution in [-0.2, 0) is 4.74 Å². The van der Waals surface area contributed by atoms with Crippen LogP contribution in [0.3, 0.4) is 0 Å². The molecular formula is C20H21N5O. The Hall–Kier alpha value is -2.99. The largest absolute Gasteiger partial charge is 0.378 e. The van der Waals surface area contributed by atoms with E-state index in [1.807, 2.05) is 61.8 Å². The zero-order valence-corrected chi connectivity index (χ0v) is 14.7. The number of aromatic nitrogens is 3. The van der Waals surface area contributed by atoms with Crippen molar-refractivity contribution in [2.75, 3.05) is 36.5 Å². The van der Waals surface area contributed by atoms with Crippen molar-refractivity contribution >= 4 is 17.3 Å². The number of benzene rings is 1. The second-order valence-electron chi connectivity index (χ2n) is 6.22. The topological polar surface area (TPSA) is 63.2 Å². The van der Waals surface area contributed by atoms with E-state index in [9.17, 15) is 0 Å². The van der Waals surface area contributed by atoms with Gasteiger partial charge in [0.1, 0.15) is 11.6 Å². The SMILES string of the molecule is Cc1cnc(-c2ccc(N3CCOCC3)nc2)nc1Nc1ccccc1. The Morgan fingerprint density at radius 3 is 2.50 bits per heavy atom. The molecule has 1 aromatic carbocycles. The van der Waals surface area contributed by atoms with Gasteiger partial charge < -0.3 is 15.0 Å². The molecule has 3 aromatic rings. The molecule has 6 nitrogen and oxygen atoms in total. The van der Waals surface area contributed by atoms with Crippen molar-refractivity contribution < 1.29 is 4.74 Å². The third kappa shape index (κ3) is 3.65. The minimum atomic E-state index is 0.662. The summed E-state index contributed by atoms with van der Waals surface area (Å²) in [7, 11) is 0. The minimum absolute atomic E-state index is 0.662. The third-order valence-corrected chi connectivity index (χ3v) is 4.35. The number of ether oxygens (including phenoxy) is 1. The molecule has 1 aliphatic heterocycles. The molecule has 132 valence electrons. The maximum Gasteiger partial charge on any atom is 0.163 e. The fourth-order valence-corrected chi connectivity index (χ4v) is 2.86. The summed E-state index contributed by atoms with van der Waals surface area (Å²) in [6, 6.07) is 14.1. The van der Waals surface area contributed by atoms with Crippen molar-refractivity contribution in [1.29, 1.82) is 0 Å². The van der Waals surface area contributed by atoms with Gasteiger partial charge in [-0.05, 0) is 31.2 Å². The van der Waals surface area contributed by atoms with Gasteiger partial charge in [0.2, 0.25) is 0 Å². The lowest BCUT2D eigenvalue weighted by Gasteiger charge is -2.27. The van der Waals surface area contributed by atoms with E-state index >= 15 is 0 Å². The molecule has 3 heterocycles. The van der Waals surface area contributed by atoms with Crippen molar-refractivity contribution in [1.82, 2.24) is 15.0 Å². The zero-order chi connectivity index (χ0) is 17.8. The van der Waals surface area contributed by atoms with Crippen molar-refractivity contribution in [3.05, 3.63) is 60.4 Å². The molecule has 0 saturated carbocycles. The highest BCUT2D eigenvalue weighted by atomic mass is 16.5. The van der Waals surface area contributed by atoms with Gasteiger partial charge in [-0.15, -0.1) is 0 Å². The number of anilines is 3.